The molecule has 2 aromatic rings. The first-order chi connectivity index (χ1) is 7.99. The van der Waals surface area contributed by atoms with Crippen molar-refractivity contribution in [2.75, 3.05) is 0 Å². The highest BCUT2D eigenvalue weighted by atomic mass is 32.1. The van der Waals surface area contributed by atoms with Gasteiger partial charge in [-0.05, 0) is 11.3 Å². The van der Waals surface area contributed by atoms with E-state index in [4.69, 9.17) is 10.2 Å². The van der Waals surface area contributed by atoms with Crippen LogP contribution in [0.4, 0.5) is 0 Å². The van der Waals surface area contributed by atoms with Crippen molar-refractivity contribution in [3.63, 3.8) is 0 Å². The summed E-state index contributed by atoms with van der Waals surface area (Å²) in [5.41, 5.74) is 0.160. The number of thiophene rings is 1. The van der Waals surface area contributed by atoms with Crippen molar-refractivity contribution in [3.8, 4) is 11.4 Å². The van der Waals surface area contributed by atoms with Crippen LogP contribution in [0.5, 0.6) is 0 Å². The lowest BCUT2D eigenvalue weighted by Crippen LogP contribution is -1.96. The Morgan fingerprint density at radius 3 is 2.53 bits per heavy atom. The highest BCUT2D eigenvalue weighted by molar-refractivity contribution is 7.16. The number of carboxylic acid groups (broad SMARTS) is 2. The maximum Gasteiger partial charge on any atom is 0.346 e. The SMILES string of the molecule is Cn1nnc(-c2cc(C(=O)O)sc2C(=O)O)n1. The number of aryl methyl sites for hydroxylation is 1. The average Bonchev–Trinajstić information content (AvgIpc) is 2.82. The molecule has 88 valence electrons. The van der Waals surface area contributed by atoms with Gasteiger partial charge in [0.2, 0.25) is 5.82 Å². The van der Waals surface area contributed by atoms with E-state index in [0.29, 0.717) is 11.3 Å². The molecular formula is C8H6N4O4S. The first kappa shape index (κ1) is 11.2. The van der Waals surface area contributed by atoms with Crippen LogP contribution in [0.3, 0.4) is 0 Å². The van der Waals surface area contributed by atoms with E-state index in [2.05, 4.69) is 15.4 Å². The molecule has 0 bridgehead atoms. The number of aromatic nitrogens is 4. The van der Waals surface area contributed by atoms with Gasteiger partial charge in [0, 0.05) is 5.56 Å². The molecule has 0 atom stereocenters. The Morgan fingerprint density at radius 1 is 1.35 bits per heavy atom. The summed E-state index contributed by atoms with van der Waals surface area (Å²) in [5.74, 6) is -2.31. The molecule has 2 rings (SSSR count). The summed E-state index contributed by atoms with van der Waals surface area (Å²) < 4.78 is 0. The summed E-state index contributed by atoms with van der Waals surface area (Å²) in [4.78, 5) is 22.7. The number of nitrogens with zero attached hydrogens (tertiary/aromatic N) is 4. The minimum absolute atomic E-state index is 0.0788. The van der Waals surface area contributed by atoms with E-state index in [-0.39, 0.29) is 21.1 Å². The number of hydrogen-bond acceptors (Lipinski definition) is 6. The number of hydrogen-bond donors (Lipinski definition) is 2. The van der Waals surface area contributed by atoms with Crippen LogP contribution < -0.4 is 0 Å². The molecule has 0 radical (unpaired) electrons. The lowest BCUT2D eigenvalue weighted by atomic mass is 10.2. The zero-order valence-corrected chi connectivity index (χ0v) is 9.30. The first-order valence-corrected chi connectivity index (χ1v) is 5.15. The number of aromatic carboxylic acids is 2. The van der Waals surface area contributed by atoms with Crippen molar-refractivity contribution in [1.82, 2.24) is 20.2 Å². The predicted molar refractivity (Wildman–Crippen MR) is 56.0 cm³/mol. The van der Waals surface area contributed by atoms with Gasteiger partial charge < -0.3 is 10.2 Å². The van der Waals surface area contributed by atoms with Gasteiger partial charge in [-0.1, -0.05) is 0 Å². The molecule has 0 fully saturated rings. The van der Waals surface area contributed by atoms with E-state index in [9.17, 15) is 9.59 Å². The molecule has 2 N–H and O–H groups in total. The highest BCUT2D eigenvalue weighted by Crippen LogP contribution is 2.29. The normalized spacial score (nSPS) is 10.4. The maximum atomic E-state index is 11.0. The number of tetrazole rings is 1. The fourth-order valence-corrected chi connectivity index (χ4v) is 2.04. The Kier molecular flexibility index (Phi) is 2.60. The number of carbonyl (C=O) groups is 2. The quantitative estimate of drug-likeness (QED) is 0.810. The fraction of sp³-hybridized carbons (Fsp3) is 0.125. The van der Waals surface area contributed by atoms with Crippen LogP contribution in [-0.4, -0.2) is 42.4 Å². The first-order valence-electron chi connectivity index (χ1n) is 4.34. The predicted octanol–water partition coefficient (Wildman–Crippen LogP) is 0.335. The van der Waals surface area contributed by atoms with Crippen molar-refractivity contribution in [1.29, 1.82) is 0 Å². The van der Waals surface area contributed by atoms with E-state index >= 15 is 0 Å². The van der Waals surface area contributed by atoms with Crippen molar-refractivity contribution in [2.45, 2.75) is 0 Å². The third kappa shape index (κ3) is 1.99. The Morgan fingerprint density at radius 2 is 2.06 bits per heavy atom. The third-order valence-electron chi connectivity index (χ3n) is 1.89. The van der Waals surface area contributed by atoms with Crippen LogP contribution in [0.1, 0.15) is 19.3 Å². The summed E-state index contributed by atoms with van der Waals surface area (Å²) in [6.45, 7) is 0. The van der Waals surface area contributed by atoms with Crippen LogP contribution in [0.15, 0.2) is 6.07 Å². The van der Waals surface area contributed by atoms with Crippen molar-refractivity contribution >= 4 is 23.3 Å². The minimum atomic E-state index is -1.22. The summed E-state index contributed by atoms with van der Waals surface area (Å²) in [7, 11) is 1.53. The average molecular weight is 254 g/mol. The fourth-order valence-electron chi connectivity index (χ4n) is 1.21. The smallest absolute Gasteiger partial charge is 0.346 e. The summed E-state index contributed by atoms with van der Waals surface area (Å²) in [6.07, 6.45) is 0. The molecule has 8 nitrogen and oxygen atoms in total. The Bertz CT molecular complexity index is 602. The minimum Gasteiger partial charge on any atom is -0.477 e. The molecule has 17 heavy (non-hydrogen) atoms. The van der Waals surface area contributed by atoms with Gasteiger partial charge in [-0.15, -0.1) is 21.5 Å². The maximum absolute atomic E-state index is 11.0. The van der Waals surface area contributed by atoms with Crippen molar-refractivity contribution in [2.24, 2.45) is 7.05 Å². The van der Waals surface area contributed by atoms with Crippen molar-refractivity contribution < 1.29 is 19.8 Å². The number of carboxylic acids is 2. The van der Waals surface area contributed by atoms with Crippen LogP contribution in [-0.2, 0) is 7.05 Å². The lowest BCUT2D eigenvalue weighted by molar-refractivity contribution is 0.0693. The molecule has 0 aliphatic carbocycles. The van der Waals surface area contributed by atoms with Gasteiger partial charge in [0.15, 0.2) is 0 Å². The largest absolute Gasteiger partial charge is 0.477 e. The molecule has 0 spiro atoms. The van der Waals surface area contributed by atoms with Crippen LogP contribution >= 0.6 is 11.3 Å². The lowest BCUT2D eigenvalue weighted by Gasteiger charge is -1.91. The molecule has 0 aliphatic rings. The van der Waals surface area contributed by atoms with E-state index in [1.54, 1.807) is 0 Å². The van der Waals surface area contributed by atoms with Gasteiger partial charge in [0.1, 0.15) is 9.75 Å². The van der Waals surface area contributed by atoms with Gasteiger partial charge in [-0.2, -0.15) is 4.80 Å². The van der Waals surface area contributed by atoms with E-state index < -0.39 is 11.9 Å². The summed E-state index contributed by atoms with van der Waals surface area (Å²) >= 11 is 0.664. The zero-order valence-electron chi connectivity index (χ0n) is 8.49. The molecule has 0 aromatic carbocycles. The molecule has 9 heteroatoms. The molecule has 0 unspecified atom stereocenters. The zero-order chi connectivity index (χ0) is 12.6. The van der Waals surface area contributed by atoms with Gasteiger partial charge in [0.05, 0.1) is 7.05 Å². The molecule has 2 aromatic heterocycles. The van der Waals surface area contributed by atoms with Crippen LogP contribution in [0.25, 0.3) is 11.4 Å². The molecule has 0 amide bonds. The summed E-state index contributed by atoms with van der Waals surface area (Å²) in [5, 5.41) is 28.8. The van der Waals surface area contributed by atoms with Crippen LogP contribution in [0, 0.1) is 0 Å². The molecular weight excluding hydrogens is 248 g/mol. The topological polar surface area (TPSA) is 118 Å². The molecule has 2 heterocycles. The second-order valence-electron chi connectivity index (χ2n) is 3.07. The highest BCUT2D eigenvalue weighted by Gasteiger charge is 2.22. The monoisotopic (exact) mass is 254 g/mol. The Hall–Kier alpha value is -2.29. The van der Waals surface area contributed by atoms with Gasteiger partial charge in [-0.3, -0.25) is 0 Å². The second-order valence-corrected chi connectivity index (χ2v) is 4.12. The van der Waals surface area contributed by atoms with Gasteiger partial charge in [0.25, 0.3) is 0 Å². The Labute approximate surface area is 98.1 Å². The van der Waals surface area contributed by atoms with Crippen molar-refractivity contribution in [3.05, 3.63) is 15.8 Å². The third-order valence-corrected chi connectivity index (χ3v) is 3.00. The van der Waals surface area contributed by atoms with E-state index in [1.165, 1.54) is 17.9 Å². The molecule has 0 saturated heterocycles. The molecule has 0 aliphatic heterocycles. The van der Waals surface area contributed by atoms with E-state index in [0.717, 1.165) is 0 Å². The summed E-state index contributed by atoms with van der Waals surface area (Å²) in [6, 6.07) is 1.23. The number of rotatable bonds is 3. The molecule has 0 saturated carbocycles. The second kappa shape index (κ2) is 3.94. The van der Waals surface area contributed by atoms with Crippen LogP contribution in [0.2, 0.25) is 0 Å². The van der Waals surface area contributed by atoms with Gasteiger partial charge in [-0.25, -0.2) is 9.59 Å². The van der Waals surface area contributed by atoms with Gasteiger partial charge >= 0.3 is 11.9 Å². The standard InChI is InChI=1S/C8H6N4O4S/c1-12-10-6(9-11-12)3-2-4(7(13)14)17-5(3)8(15)16/h2H,1H3,(H,13,14)(H,15,16). The van der Waals surface area contributed by atoms with E-state index in [1.807, 2.05) is 0 Å². The Balaban J connectivity index is 2.59.